The highest BCUT2D eigenvalue weighted by Crippen LogP contribution is 2.20. The van der Waals surface area contributed by atoms with Crippen LogP contribution in [0.1, 0.15) is 23.1 Å². The van der Waals surface area contributed by atoms with Crippen LogP contribution in [0.2, 0.25) is 0 Å². The van der Waals surface area contributed by atoms with Gasteiger partial charge in [0.2, 0.25) is 0 Å². The minimum Gasteiger partial charge on any atom is -0.462 e. The van der Waals surface area contributed by atoms with Crippen molar-refractivity contribution in [1.29, 1.82) is 0 Å². The molecular weight excluding hydrogens is 272 g/mol. The van der Waals surface area contributed by atoms with E-state index in [0.717, 1.165) is 5.82 Å². The molecule has 0 aliphatic heterocycles. The first-order valence-electron chi connectivity index (χ1n) is 6.61. The lowest BCUT2D eigenvalue weighted by molar-refractivity contribution is 0.0527. The van der Waals surface area contributed by atoms with Crippen molar-refractivity contribution in [2.75, 3.05) is 24.2 Å². The predicted molar refractivity (Wildman–Crippen MR) is 77.8 cm³/mol. The van der Waals surface area contributed by atoms with Crippen molar-refractivity contribution in [3.63, 3.8) is 0 Å². The molecule has 0 spiro atoms. The molecule has 0 aliphatic carbocycles. The fourth-order valence-electron chi connectivity index (χ4n) is 1.83. The number of hydrogen-bond donors (Lipinski definition) is 2. The molecule has 8 nitrogen and oxygen atoms in total. The number of carbonyl (C=O) groups excluding carboxylic acids is 1. The van der Waals surface area contributed by atoms with Crippen LogP contribution in [0, 0.1) is 0 Å². The Morgan fingerprint density at radius 3 is 3.00 bits per heavy atom. The lowest BCUT2D eigenvalue weighted by Crippen LogP contribution is -2.14. The molecule has 0 aliphatic rings. The lowest BCUT2D eigenvalue weighted by Gasteiger charge is -2.11. The largest absolute Gasteiger partial charge is 0.462 e. The Kier molecular flexibility index (Phi) is 4.70. The van der Waals surface area contributed by atoms with Crippen LogP contribution >= 0.6 is 0 Å². The monoisotopic (exact) mass is 290 g/mol. The highest BCUT2D eigenvalue weighted by Gasteiger charge is 2.14. The third-order valence-corrected chi connectivity index (χ3v) is 2.93. The van der Waals surface area contributed by atoms with Crippen molar-refractivity contribution < 1.29 is 9.53 Å². The number of nitrogens with one attached hydrogen (secondary N) is 1. The molecule has 0 fully saturated rings. The Bertz CT molecular complexity index is 625. The molecular formula is C13H18N6O2. The van der Waals surface area contributed by atoms with Crippen LogP contribution in [-0.4, -0.2) is 38.9 Å². The van der Waals surface area contributed by atoms with E-state index in [-0.39, 0.29) is 5.69 Å². The molecule has 3 N–H and O–H groups in total. The fourth-order valence-corrected chi connectivity index (χ4v) is 1.83. The molecule has 0 saturated heterocycles. The molecule has 2 rings (SSSR count). The van der Waals surface area contributed by atoms with Gasteiger partial charge in [0.25, 0.3) is 0 Å². The van der Waals surface area contributed by atoms with Gasteiger partial charge in [-0.15, -0.1) is 10.2 Å². The molecule has 21 heavy (non-hydrogen) atoms. The number of nitrogens with two attached hydrogens (primary N) is 1. The zero-order valence-electron chi connectivity index (χ0n) is 12.0. The van der Waals surface area contributed by atoms with Crippen molar-refractivity contribution in [2.24, 2.45) is 7.05 Å². The number of ether oxygens (including phenoxy) is 1. The zero-order valence-corrected chi connectivity index (χ0v) is 12.0. The van der Waals surface area contributed by atoms with Gasteiger partial charge in [0.05, 0.1) is 17.9 Å². The van der Waals surface area contributed by atoms with E-state index >= 15 is 0 Å². The summed E-state index contributed by atoms with van der Waals surface area (Å²) in [6, 6.07) is 1.54. The van der Waals surface area contributed by atoms with Crippen molar-refractivity contribution >= 4 is 17.5 Å². The topological polar surface area (TPSA) is 108 Å². The summed E-state index contributed by atoms with van der Waals surface area (Å²) in [6.07, 6.45) is 3.83. The van der Waals surface area contributed by atoms with E-state index in [1.54, 1.807) is 19.3 Å². The van der Waals surface area contributed by atoms with E-state index in [9.17, 15) is 4.79 Å². The van der Waals surface area contributed by atoms with Crippen LogP contribution in [0.5, 0.6) is 0 Å². The van der Waals surface area contributed by atoms with Gasteiger partial charge in [-0.1, -0.05) is 0 Å². The number of anilines is 2. The zero-order chi connectivity index (χ0) is 15.2. The van der Waals surface area contributed by atoms with Gasteiger partial charge in [0.1, 0.15) is 18.0 Å². The Labute approximate surface area is 122 Å². The maximum Gasteiger partial charge on any atom is 0.340 e. The Morgan fingerprint density at radius 1 is 1.52 bits per heavy atom. The van der Waals surface area contributed by atoms with Gasteiger partial charge in [-0.2, -0.15) is 0 Å². The molecule has 0 unspecified atom stereocenters. The second-order valence-corrected chi connectivity index (χ2v) is 4.38. The molecule has 0 radical (unpaired) electrons. The highest BCUT2D eigenvalue weighted by molar-refractivity contribution is 5.97. The summed E-state index contributed by atoms with van der Waals surface area (Å²) >= 11 is 0. The van der Waals surface area contributed by atoms with Crippen LogP contribution in [0.3, 0.4) is 0 Å². The lowest BCUT2D eigenvalue weighted by atomic mass is 10.2. The van der Waals surface area contributed by atoms with E-state index in [1.165, 1.54) is 6.20 Å². The summed E-state index contributed by atoms with van der Waals surface area (Å²) in [5, 5.41) is 10.9. The maximum atomic E-state index is 11.7. The smallest absolute Gasteiger partial charge is 0.340 e. The summed E-state index contributed by atoms with van der Waals surface area (Å²) < 4.78 is 6.79. The second-order valence-electron chi connectivity index (χ2n) is 4.38. The quantitative estimate of drug-likeness (QED) is 0.751. The van der Waals surface area contributed by atoms with Crippen LogP contribution < -0.4 is 11.1 Å². The summed E-state index contributed by atoms with van der Waals surface area (Å²) in [6.45, 7) is 2.63. The van der Waals surface area contributed by atoms with E-state index in [4.69, 9.17) is 10.5 Å². The Morgan fingerprint density at radius 2 is 2.33 bits per heavy atom. The number of aromatic nitrogens is 4. The first-order valence-corrected chi connectivity index (χ1v) is 6.61. The SMILES string of the molecule is CCOC(=O)c1ccnc(NCCc2nncn2C)c1N. The van der Waals surface area contributed by atoms with E-state index in [0.29, 0.717) is 31.0 Å². The molecule has 2 aromatic heterocycles. The van der Waals surface area contributed by atoms with Gasteiger partial charge in [-0.05, 0) is 13.0 Å². The predicted octanol–water partition coefficient (Wildman–Crippen LogP) is 0.624. The second kappa shape index (κ2) is 6.69. The van der Waals surface area contributed by atoms with Gasteiger partial charge >= 0.3 is 5.97 Å². The number of carbonyl (C=O) groups is 1. The third kappa shape index (κ3) is 3.47. The van der Waals surface area contributed by atoms with Crippen molar-refractivity contribution in [3.05, 3.63) is 30.0 Å². The van der Waals surface area contributed by atoms with Crippen molar-refractivity contribution in [3.8, 4) is 0 Å². The van der Waals surface area contributed by atoms with Gasteiger partial charge in [0, 0.05) is 26.2 Å². The van der Waals surface area contributed by atoms with Gasteiger partial charge in [-0.25, -0.2) is 9.78 Å². The number of aryl methyl sites for hydroxylation is 1. The normalized spacial score (nSPS) is 10.4. The summed E-state index contributed by atoms with van der Waals surface area (Å²) in [7, 11) is 1.88. The van der Waals surface area contributed by atoms with Gasteiger partial charge < -0.3 is 20.4 Å². The summed E-state index contributed by atoms with van der Waals surface area (Å²) in [5.74, 6) is 0.860. The minimum absolute atomic E-state index is 0.286. The average Bonchev–Trinajstić information content (AvgIpc) is 2.86. The van der Waals surface area contributed by atoms with Crippen LogP contribution in [0.25, 0.3) is 0 Å². The van der Waals surface area contributed by atoms with Crippen molar-refractivity contribution in [2.45, 2.75) is 13.3 Å². The van der Waals surface area contributed by atoms with E-state index < -0.39 is 5.97 Å². The third-order valence-electron chi connectivity index (χ3n) is 2.93. The number of nitrogens with zero attached hydrogens (tertiary/aromatic N) is 4. The number of nitrogen functional groups attached to an aromatic ring is 1. The molecule has 0 aromatic carbocycles. The highest BCUT2D eigenvalue weighted by atomic mass is 16.5. The van der Waals surface area contributed by atoms with Crippen LogP contribution in [0.4, 0.5) is 11.5 Å². The molecule has 0 amide bonds. The molecule has 8 heteroatoms. The summed E-state index contributed by atoms with van der Waals surface area (Å²) in [4.78, 5) is 15.9. The molecule has 2 heterocycles. The minimum atomic E-state index is -0.450. The average molecular weight is 290 g/mol. The fraction of sp³-hybridized carbons (Fsp3) is 0.385. The summed E-state index contributed by atoms with van der Waals surface area (Å²) in [5.41, 5.74) is 6.54. The molecule has 2 aromatic rings. The standard InChI is InChI=1S/C13H18N6O2/c1-3-21-13(20)9-4-6-15-12(11(9)14)16-7-5-10-18-17-8-19(10)2/h4,6,8H,3,5,7,14H2,1-2H3,(H,15,16). The molecule has 0 saturated carbocycles. The first kappa shape index (κ1) is 14.8. The number of esters is 1. The van der Waals surface area contributed by atoms with E-state index in [2.05, 4.69) is 20.5 Å². The maximum absolute atomic E-state index is 11.7. The number of rotatable bonds is 6. The van der Waals surface area contributed by atoms with E-state index in [1.807, 2.05) is 11.6 Å². The van der Waals surface area contributed by atoms with Crippen LogP contribution in [-0.2, 0) is 18.2 Å². The number of pyridine rings is 1. The Hall–Kier alpha value is -2.64. The Balaban J connectivity index is 2.02. The molecule has 0 bridgehead atoms. The van der Waals surface area contributed by atoms with Gasteiger partial charge in [-0.3, -0.25) is 0 Å². The molecule has 0 atom stereocenters. The van der Waals surface area contributed by atoms with Crippen LogP contribution in [0.15, 0.2) is 18.6 Å². The van der Waals surface area contributed by atoms with Crippen molar-refractivity contribution in [1.82, 2.24) is 19.7 Å². The first-order chi connectivity index (χ1) is 10.1. The molecule has 112 valence electrons. The number of hydrogen-bond acceptors (Lipinski definition) is 7. The van der Waals surface area contributed by atoms with Gasteiger partial charge in [0.15, 0.2) is 0 Å².